The highest BCUT2D eigenvalue weighted by molar-refractivity contribution is 6.30. The number of hydrogen-bond donors (Lipinski definition) is 1. The Morgan fingerprint density at radius 2 is 1.50 bits per heavy atom. The van der Waals surface area contributed by atoms with Crippen molar-refractivity contribution in [1.82, 2.24) is 5.32 Å². The molecule has 6 nitrogen and oxygen atoms in total. The summed E-state index contributed by atoms with van der Waals surface area (Å²) in [5.41, 5.74) is -0.758. The number of amides is 1. The van der Waals surface area contributed by atoms with Crippen LogP contribution in [0.1, 0.15) is 40.7 Å². The molecule has 0 aliphatic carbocycles. The van der Waals surface area contributed by atoms with Gasteiger partial charge in [-0.25, -0.2) is 0 Å². The molecule has 1 atom stereocenters. The van der Waals surface area contributed by atoms with Crippen LogP contribution in [0.15, 0.2) is 84.9 Å². The van der Waals surface area contributed by atoms with E-state index in [-0.39, 0.29) is 17.9 Å². The summed E-state index contributed by atoms with van der Waals surface area (Å²) in [7, 11) is 0. The quantitative estimate of drug-likeness (QED) is 0.257. The molecule has 3 aliphatic rings. The van der Waals surface area contributed by atoms with E-state index in [2.05, 4.69) is 5.32 Å². The lowest BCUT2D eigenvalue weighted by atomic mass is 9.82. The molecule has 0 radical (unpaired) electrons. The van der Waals surface area contributed by atoms with Gasteiger partial charge in [-0.15, -0.1) is 0 Å². The van der Waals surface area contributed by atoms with E-state index in [1.807, 2.05) is 12.1 Å². The number of carbonyl (C=O) groups is 2. The number of benzene rings is 3. The zero-order valence-electron chi connectivity index (χ0n) is 21.4. The first kappa shape index (κ1) is 26.4. The number of halogens is 1. The molecular weight excluding hydrogens is 500 g/mol. The monoisotopic (exact) mass is 532 g/mol. The second-order valence-corrected chi connectivity index (χ2v) is 10.9. The first-order valence-electron chi connectivity index (χ1n) is 13.3. The summed E-state index contributed by atoms with van der Waals surface area (Å²) in [6.07, 6.45) is 2.48. The third kappa shape index (κ3) is 5.48. The van der Waals surface area contributed by atoms with Gasteiger partial charge in [0.2, 0.25) is 0 Å². The molecule has 3 aliphatic heterocycles. The number of quaternary nitrogens is 1. The molecule has 198 valence electrons. The SMILES string of the molecule is O=C(NCCC[N+]12CCC(CC1)C(OC(=O)C([O-])(c1ccccc1)c1ccccc1)C2)c1ccc(Cl)cc1. The molecule has 6 rings (SSSR count). The van der Waals surface area contributed by atoms with Crippen molar-refractivity contribution in [3.63, 3.8) is 0 Å². The number of carbonyl (C=O) groups excluding carboxylic acids is 2. The van der Waals surface area contributed by atoms with Crippen molar-refractivity contribution in [1.29, 1.82) is 0 Å². The minimum atomic E-state index is -2.12. The summed E-state index contributed by atoms with van der Waals surface area (Å²) in [5.74, 6) is -0.569. The average Bonchev–Trinajstić information content (AvgIpc) is 2.96. The molecule has 38 heavy (non-hydrogen) atoms. The van der Waals surface area contributed by atoms with E-state index in [1.54, 1.807) is 72.8 Å². The number of esters is 1. The molecule has 3 saturated heterocycles. The van der Waals surface area contributed by atoms with Gasteiger partial charge in [-0.1, -0.05) is 72.3 Å². The lowest BCUT2D eigenvalue weighted by Gasteiger charge is -2.53. The normalized spacial score (nSPS) is 22.6. The van der Waals surface area contributed by atoms with E-state index < -0.39 is 11.6 Å². The Balaban J connectivity index is 1.22. The van der Waals surface area contributed by atoms with Crippen molar-refractivity contribution < 1.29 is 23.9 Å². The van der Waals surface area contributed by atoms with E-state index in [1.165, 1.54) is 0 Å². The lowest BCUT2D eigenvalue weighted by Crippen LogP contribution is -2.65. The van der Waals surface area contributed by atoms with E-state index in [4.69, 9.17) is 16.3 Å². The molecule has 1 amide bonds. The number of fused-ring (bicyclic) bond motifs is 3. The molecule has 2 bridgehead atoms. The second-order valence-electron chi connectivity index (χ2n) is 10.5. The van der Waals surface area contributed by atoms with E-state index in [9.17, 15) is 14.7 Å². The maximum Gasteiger partial charge on any atom is 0.304 e. The molecule has 3 aromatic rings. The highest BCUT2D eigenvalue weighted by Gasteiger charge is 2.48. The maximum atomic E-state index is 14.2. The van der Waals surface area contributed by atoms with Crippen molar-refractivity contribution in [3.8, 4) is 0 Å². The number of ether oxygens (including phenoxy) is 1. The fourth-order valence-electron chi connectivity index (χ4n) is 5.96. The Morgan fingerprint density at radius 3 is 2.08 bits per heavy atom. The highest BCUT2D eigenvalue weighted by atomic mass is 35.5. The number of nitrogens with one attached hydrogen (secondary N) is 1. The van der Waals surface area contributed by atoms with Crippen LogP contribution in [-0.4, -0.2) is 55.2 Å². The van der Waals surface area contributed by atoms with Gasteiger partial charge in [-0.05, 0) is 35.4 Å². The highest BCUT2D eigenvalue weighted by Crippen LogP contribution is 2.37. The van der Waals surface area contributed by atoms with Gasteiger partial charge in [0.15, 0.2) is 6.10 Å². The fraction of sp³-hybridized carbons (Fsp3) is 0.355. The molecule has 3 aromatic carbocycles. The number of rotatable bonds is 9. The van der Waals surface area contributed by atoms with Crippen molar-refractivity contribution >= 4 is 23.5 Å². The predicted octanol–water partition coefficient (Wildman–Crippen LogP) is 3.92. The van der Waals surface area contributed by atoms with E-state index in [0.717, 1.165) is 43.4 Å². The van der Waals surface area contributed by atoms with Crippen LogP contribution >= 0.6 is 11.6 Å². The van der Waals surface area contributed by atoms with Crippen LogP contribution in [0.4, 0.5) is 0 Å². The Hall–Kier alpha value is -3.19. The summed E-state index contributed by atoms with van der Waals surface area (Å²) in [5, 5.41) is 17.8. The molecule has 7 heteroatoms. The van der Waals surface area contributed by atoms with Gasteiger partial charge in [0.25, 0.3) is 5.91 Å². The van der Waals surface area contributed by atoms with E-state index in [0.29, 0.717) is 34.8 Å². The second kappa shape index (κ2) is 11.3. The largest absolute Gasteiger partial charge is 0.834 e. The molecule has 0 aromatic heterocycles. The fourth-order valence-corrected chi connectivity index (χ4v) is 6.08. The molecule has 3 heterocycles. The lowest BCUT2D eigenvalue weighted by molar-refractivity contribution is -0.946. The van der Waals surface area contributed by atoms with Crippen LogP contribution in [0.3, 0.4) is 0 Å². The van der Waals surface area contributed by atoms with Gasteiger partial charge in [0.1, 0.15) is 6.54 Å². The van der Waals surface area contributed by atoms with Crippen LogP contribution in [0.5, 0.6) is 0 Å². The predicted molar refractivity (Wildman–Crippen MR) is 144 cm³/mol. The van der Waals surface area contributed by atoms with Crippen molar-refractivity contribution in [2.45, 2.75) is 31.0 Å². The van der Waals surface area contributed by atoms with Gasteiger partial charge in [-0.3, -0.25) is 9.59 Å². The molecule has 3 fully saturated rings. The van der Waals surface area contributed by atoms with Gasteiger partial charge in [0, 0.05) is 47.9 Å². The molecular formula is C31H33ClN2O4. The Kier molecular flexibility index (Phi) is 7.84. The Labute approximate surface area is 228 Å². The smallest absolute Gasteiger partial charge is 0.304 e. The topological polar surface area (TPSA) is 78.5 Å². The zero-order valence-corrected chi connectivity index (χ0v) is 22.1. The number of piperidine rings is 3. The standard InChI is InChI=1S/C31H33ClN2O4/c32-27-14-12-24(13-15-27)29(35)33-18-7-19-34-20-16-23(17-21-34)28(22-34)38-30(36)31(37,25-8-3-1-4-9-25)26-10-5-2-6-11-26/h1-6,8-15,23,28H,7,16-22H2,(H,33,35). The Bertz CT molecular complexity index is 1200. The summed E-state index contributed by atoms with van der Waals surface area (Å²) in [6, 6.07) is 24.4. The van der Waals surface area contributed by atoms with Gasteiger partial charge < -0.3 is 19.6 Å². The summed E-state index contributed by atoms with van der Waals surface area (Å²) >= 11 is 5.91. The summed E-state index contributed by atoms with van der Waals surface area (Å²) in [4.78, 5) is 26.0. The van der Waals surface area contributed by atoms with Gasteiger partial charge >= 0.3 is 5.97 Å². The molecule has 1 unspecified atom stereocenters. The minimum absolute atomic E-state index is 0.112. The third-order valence-electron chi connectivity index (χ3n) is 8.15. The van der Waals surface area contributed by atoms with Crippen LogP contribution in [0.2, 0.25) is 5.02 Å². The van der Waals surface area contributed by atoms with Crippen molar-refractivity contribution in [3.05, 3.63) is 107 Å². The third-order valence-corrected chi connectivity index (χ3v) is 8.40. The van der Waals surface area contributed by atoms with Crippen LogP contribution < -0.4 is 10.4 Å². The molecule has 0 saturated carbocycles. The van der Waals surface area contributed by atoms with Crippen LogP contribution in [-0.2, 0) is 15.1 Å². The number of nitrogens with zero attached hydrogens (tertiary/aromatic N) is 1. The van der Waals surface area contributed by atoms with Crippen LogP contribution in [0.25, 0.3) is 0 Å². The number of hydrogen-bond acceptors (Lipinski definition) is 4. The summed E-state index contributed by atoms with van der Waals surface area (Å²) < 4.78 is 6.94. The summed E-state index contributed by atoms with van der Waals surface area (Å²) in [6.45, 7) is 4.23. The van der Waals surface area contributed by atoms with Crippen LogP contribution in [0, 0.1) is 5.92 Å². The van der Waals surface area contributed by atoms with Crippen molar-refractivity contribution in [2.24, 2.45) is 5.92 Å². The van der Waals surface area contributed by atoms with Gasteiger partial charge in [0.05, 0.1) is 19.6 Å². The first-order valence-corrected chi connectivity index (χ1v) is 13.7. The van der Waals surface area contributed by atoms with Crippen molar-refractivity contribution in [2.75, 3.05) is 32.7 Å². The first-order chi connectivity index (χ1) is 18.4. The van der Waals surface area contributed by atoms with E-state index >= 15 is 0 Å². The minimum Gasteiger partial charge on any atom is -0.834 e. The maximum absolute atomic E-state index is 14.2. The Morgan fingerprint density at radius 1 is 0.921 bits per heavy atom. The van der Waals surface area contributed by atoms with Gasteiger partial charge in [-0.2, -0.15) is 0 Å². The molecule has 0 spiro atoms. The zero-order chi connectivity index (χ0) is 26.6. The average molecular weight is 533 g/mol. The molecule has 1 N–H and O–H groups in total.